The van der Waals surface area contributed by atoms with E-state index < -0.39 is 0 Å². The van der Waals surface area contributed by atoms with Crippen molar-refractivity contribution < 1.29 is 19.0 Å². The van der Waals surface area contributed by atoms with Gasteiger partial charge in [-0.05, 0) is 54.8 Å². The predicted molar refractivity (Wildman–Crippen MR) is 113 cm³/mol. The van der Waals surface area contributed by atoms with E-state index in [4.69, 9.17) is 14.2 Å². The Morgan fingerprint density at radius 2 is 1.90 bits per heavy atom. The van der Waals surface area contributed by atoms with Gasteiger partial charge in [0.25, 0.3) is 5.91 Å². The summed E-state index contributed by atoms with van der Waals surface area (Å²) in [7, 11) is 1.64. The highest BCUT2D eigenvalue weighted by molar-refractivity contribution is 5.95. The zero-order chi connectivity index (χ0) is 20.5. The predicted octanol–water partition coefficient (Wildman–Crippen LogP) is 4.56. The van der Waals surface area contributed by atoms with Gasteiger partial charge in [-0.15, -0.1) is 0 Å². The van der Waals surface area contributed by atoms with Crippen LogP contribution in [0.5, 0.6) is 17.2 Å². The number of fused-ring (bicyclic) bond motifs is 2. The van der Waals surface area contributed by atoms with Gasteiger partial charge >= 0.3 is 0 Å². The highest BCUT2D eigenvalue weighted by Gasteiger charge is 2.29. The first kappa shape index (κ1) is 18.7. The Hall–Kier alpha value is -3.28. The fourth-order valence-electron chi connectivity index (χ4n) is 4.32. The molecule has 154 valence electrons. The van der Waals surface area contributed by atoms with Crippen LogP contribution in [0, 0.1) is 0 Å². The topological polar surface area (TPSA) is 60.9 Å². The lowest BCUT2D eigenvalue weighted by Gasteiger charge is -2.29. The summed E-state index contributed by atoms with van der Waals surface area (Å²) < 4.78 is 16.2. The third kappa shape index (κ3) is 3.54. The van der Waals surface area contributed by atoms with Crippen molar-refractivity contribution in [3.63, 3.8) is 0 Å². The van der Waals surface area contributed by atoms with Crippen molar-refractivity contribution in [2.45, 2.75) is 38.3 Å². The number of carbonyl (C=O) groups is 1. The molecule has 1 fully saturated rings. The molecule has 1 aliphatic carbocycles. The highest BCUT2D eigenvalue weighted by Crippen LogP contribution is 2.34. The lowest BCUT2D eigenvalue weighted by Crippen LogP contribution is -2.38. The molecule has 0 saturated heterocycles. The van der Waals surface area contributed by atoms with E-state index in [2.05, 4.69) is 4.98 Å². The summed E-state index contributed by atoms with van der Waals surface area (Å²) in [6, 6.07) is 15.6. The highest BCUT2D eigenvalue weighted by atomic mass is 16.7. The fraction of sp³-hybridized carbons (Fsp3) is 0.333. The average molecular weight is 404 g/mol. The summed E-state index contributed by atoms with van der Waals surface area (Å²) in [6.45, 7) is 0.776. The molecule has 2 heterocycles. The summed E-state index contributed by atoms with van der Waals surface area (Å²) in [5.41, 5.74) is 2.29. The summed E-state index contributed by atoms with van der Waals surface area (Å²) in [6.07, 6.45) is 4.36. The number of rotatable bonds is 5. The Bertz CT molecular complexity index is 1090. The van der Waals surface area contributed by atoms with Gasteiger partial charge in [-0.25, -0.2) is 4.98 Å². The fourth-order valence-corrected chi connectivity index (χ4v) is 4.32. The minimum Gasteiger partial charge on any atom is -0.497 e. The molecule has 0 N–H and O–H groups in total. The van der Waals surface area contributed by atoms with Gasteiger partial charge in [0.2, 0.25) is 6.79 Å². The van der Waals surface area contributed by atoms with Gasteiger partial charge in [0, 0.05) is 18.0 Å². The van der Waals surface area contributed by atoms with Crippen molar-refractivity contribution in [3.05, 3.63) is 59.8 Å². The van der Waals surface area contributed by atoms with Crippen molar-refractivity contribution in [1.82, 2.24) is 9.88 Å². The van der Waals surface area contributed by atoms with Crippen LogP contribution in [0.4, 0.5) is 0 Å². The quantitative estimate of drug-likeness (QED) is 0.624. The van der Waals surface area contributed by atoms with Crippen LogP contribution in [0.2, 0.25) is 0 Å². The Kier molecular flexibility index (Phi) is 4.91. The number of benzene rings is 2. The molecule has 6 heteroatoms. The molecule has 0 unspecified atom stereocenters. The molecule has 1 amide bonds. The molecule has 0 spiro atoms. The van der Waals surface area contributed by atoms with Crippen molar-refractivity contribution >= 4 is 16.8 Å². The number of methoxy groups -OCH3 is 1. The van der Waals surface area contributed by atoms with Gasteiger partial charge in [-0.3, -0.25) is 4.79 Å². The number of nitrogens with zero attached hydrogens (tertiary/aromatic N) is 2. The lowest BCUT2D eigenvalue weighted by molar-refractivity contribution is 0.0658. The van der Waals surface area contributed by atoms with Gasteiger partial charge in [0.1, 0.15) is 11.4 Å². The number of carbonyl (C=O) groups excluding carboxylic acids is 1. The zero-order valence-electron chi connectivity index (χ0n) is 17.0. The second-order valence-corrected chi connectivity index (χ2v) is 7.81. The Morgan fingerprint density at radius 1 is 1.07 bits per heavy atom. The maximum Gasteiger partial charge on any atom is 0.273 e. The lowest BCUT2D eigenvalue weighted by atomic mass is 10.1. The SMILES string of the molecule is COc1ccc2nc(C(=O)N(Cc3ccc4c(c3)OCO4)C3CCCC3)ccc2c1. The largest absolute Gasteiger partial charge is 0.497 e. The number of pyridine rings is 1. The Morgan fingerprint density at radius 3 is 2.73 bits per heavy atom. The Labute approximate surface area is 175 Å². The number of hydrogen-bond acceptors (Lipinski definition) is 5. The summed E-state index contributed by atoms with van der Waals surface area (Å²) >= 11 is 0. The first-order valence-electron chi connectivity index (χ1n) is 10.4. The van der Waals surface area contributed by atoms with E-state index in [1.54, 1.807) is 7.11 Å². The van der Waals surface area contributed by atoms with E-state index in [0.717, 1.165) is 59.4 Å². The van der Waals surface area contributed by atoms with Crippen molar-refractivity contribution in [2.75, 3.05) is 13.9 Å². The van der Waals surface area contributed by atoms with Gasteiger partial charge in [-0.1, -0.05) is 25.0 Å². The molecular weight excluding hydrogens is 380 g/mol. The van der Waals surface area contributed by atoms with E-state index in [-0.39, 0.29) is 18.7 Å². The van der Waals surface area contributed by atoms with Crippen molar-refractivity contribution in [3.8, 4) is 17.2 Å². The molecule has 5 rings (SSSR count). The minimum atomic E-state index is -0.0303. The molecule has 3 aromatic rings. The minimum absolute atomic E-state index is 0.0303. The van der Waals surface area contributed by atoms with Crippen LogP contribution in [0.15, 0.2) is 48.5 Å². The first-order valence-corrected chi connectivity index (χ1v) is 10.4. The maximum atomic E-state index is 13.5. The molecule has 0 atom stereocenters. The second-order valence-electron chi connectivity index (χ2n) is 7.81. The van der Waals surface area contributed by atoms with Crippen LogP contribution in [0.25, 0.3) is 10.9 Å². The number of aromatic nitrogens is 1. The van der Waals surface area contributed by atoms with E-state index >= 15 is 0 Å². The second kappa shape index (κ2) is 7.86. The van der Waals surface area contributed by atoms with E-state index in [1.165, 1.54) is 0 Å². The smallest absolute Gasteiger partial charge is 0.273 e. The third-order valence-corrected chi connectivity index (χ3v) is 5.93. The van der Waals surface area contributed by atoms with Gasteiger partial charge < -0.3 is 19.1 Å². The molecule has 1 aromatic heterocycles. The van der Waals surface area contributed by atoms with Gasteiger partial charge in [-0.2, -0.15) is 0 Å². The third-order valence-electron chi connectivity index (χ3n) is 5.93. The molecule has 1 saturated carbocycles. The maximum absolute atomic E-state index is 13.5. The van der Waals surface area contributed by atoms with E-state index in [1.807, 2.05) is 53.4 Å². The standard InChI is InChI=1S/C24H24N2O4/c1-28-19-8-10-20-17(13-19)7-9-21(25-20)24(27)26(18-4-2-3-5-18)14-16-6-11-22-23(12-16)30-15-29-22/h6-13,18H,2-5,14-15H2,1H3. The number of hydrogen-bond donors (Lipinski definition) is 0. The molecule has 1 aliphatic heterocycles. The van der Waals surface area contributed by atoms with Crippen LogP contribution in [-0.4, -0.2) is 35.7 Å². The number of amides is 1. The van der Waals surface area contributed by atoms with Gasteiger partial charge in [0.05, 0.1) is 12.6 Å². The van der Waals surface area contributed by atoms with Crippen LogP contribution < -0.4 is 14.2 Å². The van der Waals surface area contributed by atoms with Gasteiger partial charge in [0.15, 0.2) is 11.5 Å². The first-order chi connectivity index (χ1) is 14.7. The molecule has 2 aliphatic rings. The summed E-state index contributed by atoms with van der Waals surface area (Å²) in [5, 5.41) is 0.953. The molecule has 6 nitrogen and oxygen atoms in total. The molecule has 2 aromatic carbocycles. The van der Waals surface area contributed by atoms with E-state index in [9.17, 15) is 4.79 Å². The van der Waals surface area contributed by atoms with Crippen LogP contribution in [-0.2, 0) is 6.54 Å². The molecular formula is C24H24N2O4. The normalized spacial score (nSPS) is 15.5. The van der Waals surface area contributed by atoms with Crippen molar-refractivity contribution in [1.29, 1.82) is 0 Å². The monoisotopic (exact) mass is 404 g/mol. The summed E-state index contributed by atoms with van der Waals surface area (Å²) in [4.78, 5) is 20.1. The summed E-state index contributed by atoms with van der Waals surface area (Å²) in [5.74, 6) is 2.24. The molecule has 30 heavy (non-hydrogen) atoms. The number of ether oxygens (including phenoxy) is 3. The zero-order valence-corrected chi connectivity index (χ0v) is 17.0. The average Bonchev–Trinajstić information content (AvgIpc) is 3.48. The van der Waals surface area contributed by atoms with Crippen LogP contribution in [0.3, 0.4) is 0 Å². The van der Waals surface area contributed by atoms with Crippen LogP contribution >= 0.6 is 0 Å². The molecule has 0 radical (unpaired) electrons. The van der Waals surface area contributed by atoms with E-state index in [0.29, 0.717) is 12.2 Å². The van der Waals surface area contributed by atoms with Crippen LogP contribution in [0.1, 0.15) is 41.7 Å². The van der Waals surface area contributed by atoms with Crippen molar-refractivity contribution in [2.24, 2.45) is 0 Å². The Balaban J connectivity index is 1.45. The molecule has 0 bridgehead atoms.